The van der Waals surface area contributed by atoms with Crippen molar-refractivity contribution in [2.75, 3.05) is 13.7 Å². The normalized spacial score (nSPS) is 18.1. The van der Waals surface area contributed by atoms with Gasteiger partial charge in [-0.15, -0.1) is 0 Å². The molecule has 1 saturated heterocycles. The first-order chi connectivity index (χ1) is 9.61. The summed E-state index contributed by atoms with van der Waals surface area (Å²) in [5.74, 6) is -0.198. The van der Waals surface area contributed by atoms with E-state index in [1.54, 1.807) is 7.11 Å². The van der Waals surface area contributed by atoms with Crippen molar-refractivity contribution < 1.29 is 19.4 Å². The number of hydrogen-bond acceptors (Lipinski definition) is 3. The van der Waals surface area contributed by atoms with Crippen LogP contribution in [0.25, 0.3) is 0 Å². The van der Waals surface area contributed by atoms with Crippen LogP contribution in [0.3, 0.4) is 0 Å². The molecule has 20 heavy (non-hydrogen) atoms. The number of aliphatic carboxylic acids is 1. The number of nitrogens with zero attached hydrogens (tertiary/aromatic N) is 1. The lowest BCUT2D eigenvalue weighted by Gasteiger charge is -2.21. The van der Waals surface area contributed by atoms with E-state index in [0.29, 0.717) is 25.8 Å². The predicted molar refractivity (Wildman–Crippen MR) is 73.7 cm³/mol. The van der Waals surface area contributed by atoms with E-state index in [1.807, 2.05) is 24.3 Å². The Labute approximate surface area is 118 Å². The molecule has 1 atom stereocenters. The maximum absolute atomic E-state index is 12.1. The van der Waals surface area contributed by atoms with Crippen molar-refractivity contribution in [2.24, 2.45) is 0 Å². The topological polar surface area (TPSA) is 66.8 Å². The van der Waals surface area contributed by atoms with Crippen LogP contribution in [-0.2, 0) is 16.0 Å². The number of hydrogen-bond donors (Lipinski definition) is 1. The lowest BCUT2D eigenvalue weighted by Crippen LogP contribution is -2.40. The first-order valence-electron chi connectivity index (χ1n) is 6.77. The average molecular weight is 277 g/mol. The molecule has 0 unspecified atom stereocenters. The molecule has 108 valence electrons. The number of rotatable bonds is 5. The summed E-state index contributed by atoms with van der Waals surface area (Å²) in [7, 11) is 1.61. The van der Waals surface area contributed by atoms with Crippen LogP contribution in [0.2, 0.25) is 0 Å². The van der Waals surface area contributed by atoms with E-state index in [-0.39, 0.29) is 5.91 Å². The van der Waals surface area contributed by atoms with Gasteiger partial charge in [-0.25, -0.2) is 4.79 Å². The molecular formula is C15H19NO4. The van der Waals surface area contributed by atoms with Gasteiger partial charge >= 0.3 is 5.97 Å². The smallest absolute Gasteiger partial charge is 0.326 e. The van der Waals surface area contributed by atoms with Crippen molar-refractivity contribution in [3.05, 3.63) is 29.8 Å². The van der Waals surface area contributed by atoms with Crippen molar-refractivity contribution in [3.63, 3.8) is 0 Å². The number of likely N-dealkylation sites (tertiary alicyclic amines) is 1. The highest BCUT2D eigenvalue weighted by atomic mass is 16.5. The summed E-state index contributed by atoms with van der Waals surface area (Å²) in [4.78, 5) is 24.6. The van der Waals surface area contributed by atoms with Crippen LogP contribution < -0.4 is 4.74 Å². The second kappa shape index (κ2) is 6.41. The van der Waals surface area contributed by atoms with Crippen molar-refractivity contribution in [3.8, 4) is 5.75 Å². The molecule has 0 saturated carbocycles. The minimum atomic E-state index is -0.903. The first-order valence-corrected chi connectivity index (χ1v) is 6.77. The molecule has 1 aromatic rings. The zero-order valence-electron chi connectivity index (χ0n) is 11.5. The van der Waals surface area contributed by atoms with Gasteiger partial charge in [0.1, 0.15) is 11.8 Å². The minimum absolute atomic E-state index is 0.0780. The molecule has 1 aliphatic rings. The van der Waals surface area contributed by atoms with Crippen LogP contribution >= 0.6 is 0 Å². The molecule has 5 heteroatoms. The molecule has 1 heterocycles. The van der Waals surface area contributed by atoms with E-state index >= 15 is 0 Å². The van der Waals surface area contributed by atoms with E-state index in [4.69, 9.17) is 9.84 Å². The van der Waals surface area contributed by atoms with Gasteiger partial charge in [0.2, 0.25) is 5.91 Å². The fourth-order valence-electron chi connectivity index (χ4n) is 2.51. The molecule has 1 amide bonds. The molecule has 1 fully saturated rings. The zero-order chi connectivity index (χ0) is 14.5. The summed E-state index contributed by atoms with van der Waals surface area (Å²) in [5, 5.41) is 9.07. The number of carbonyl (C=O) groups excluding carboxylic acids is 1. The second-order valence-corrected chi connectivity index (χ2v) is 4.93. The number of carboxylic acid groups (broad SMARTS) is 1. The Balaban J connectivity index is 1.89. The highest BCUT2D eigenvalue weighted by Crippen LogP contribution is 2.19. The summed E-state index contributed by atoms with van der Waals surface area (Å²) >= 11 is 0. The lowest BCUT2D eigenvalue weighted by molar-refractivity contribution is -0.148. The summed E-state index contributed by atoms with van der Waals surface area (Å²) in [6.45, 7) is 0.554. The van der Waals surface area contributed by atoms with Crippen molar-refractivity contribution in [1.29, 1.82) is 0 Å². The van der Waals surface area contributed by atoms with Crippen LogP contribution in [0.15, 0.2) is 24.3 Å². The van der Waals surface area contributed by atoms with E-state index in [2.05, 4.69) is 0 Å². The Morgan fingerprint density at radius 1 is 1.35 bits per heavy atom. The highest BCUT2D eigenvalue weighted by molar-refractivity contribution is 5.84. The molecule has 0 bridgehead atoms. The highest BCUT2D eigenvalue weighted by Gasteiger charge is 2.33. The Kier molecular flexibility index (Phi) is 4.61. The third-order valence-corrected chi connectivity index (χ3v) is 3.64. The number of aryl methyl sites for hydroxylation is 1. The summed E-state index contributed by atoms with van der Waals surface area (Å²) in [6, 6.07) is 6.92. The number of amides is 1. The molecule has 1 N–H and O–H groups in total. The predicted octanol–water partition coefficient (Wildman–Crippen LogP) is 1.70. The molecule has 0 spiro atoms. The maximum atomic E-state index is 12.1. The molecule has 0 radical (unpaired) electrons. The molecule has 0 aromatic heterocycles. The van der Waals surface area contributed by atoms with E-state index in [0.717, 1.165) is 17.7 Å². The number of carbonyl (C=O) groups is 2. The molecule has 1 aromatic carbocycles. The Morgan fingerprint density at radius 2 is 2.05 bits per heavy atom. The van der Waals surface area contributed by atoms with E-state index in [1.165, 1.54) is 4.90 Å². The van der Waals surface area contributed by atoms with Gasteiger partial charge in [0.15, 0.2) is 0 Å². The van der Waals surface area contributed by atoms with Crippen molar-refractivity contribution in [2.45, 2.75) is 31.7 Å². The van der Waals surface area contributed by atoms with Gasteiger partial charge in [-0.3, -0.25) is 4.79 Å². The number of methoxy groups -OCH3 is 1. The summed E-state index contributed by atoms with van der Waals surface area (Å²) < 4.78 is 5.08. The third-order valence-electron chi connectivity index (χ3n) is 3.64. The fraction of sp³-hybridized carbons (Fsp3) is 0.467. The van der Waals surface area contributed by atoms with E-state index < -0.39 is 12.0 Å². The first kappa shape index (κ1) is 14.4. The molecule has 1 aliphatic heterocycles. The SMILES string of the molecule is COc1ccc(CCC(=O)N2CCC[C@@H]2C(=O)O)cc1. The quantitative estimate of drug-likeness (QED) is 0.889. The maximum Gasteiger partial charge on any atom is 0.326 e. The van der Waals surface area contributed by atoms with Crippen LogP contribution in [0, 0.1) is 0 Å². The van der Waals surface area contributed by atoms with Gasteiger partial charge in [0.25, 0.3) is 0 Å². The van der Waals surface area contributed by atoms with Gasteiger partial charge in [-0.05, 0) is 37.0 Å². The van der Waals surface area contributed by atoms with Crippen LogP contribution in [0.4, 0.5) is 0 Å². The summed E-state index contributed by atoms with van der Waals surface area (Å²) in [5.41, 5.74) is 1.05. The molecule has 2 rings (SSSR count). The summed E-state index contributed by atoms with van der Waals surface area (Å²) in [6.07, 6.45) is 2.29. The largest absolute Gasteiger partial charge is 0.497 e. The monoisotopic (exact) mass is 277 g/mol. The van der Waals surface area contributed by atoms with E-state index in [9.17, 15) is 9.59 Å². The molecule has 5 nitrogen and oxygen atoms in total. The lowest BCUT2D eigenvalue weighted by atomic mass is 10.1. The standard InChI is InChI=1S/C15H19NO4/c1-20-12-7-4-11(5-8-12)6-9-14(17)16-10-2-3-13(16)15(18)19/h4-5,7-8,13H,2-3,6,9-10H2,1H3,(H,18,19)/t13-/m1/s1. The van der Waals surface area contributed by atoms with Gasteiger partial charge in [0, 0.05) is 13.0 Å². The number of ether oxygens (including phenoxy) is 1. The number of benzene rings is 1. The Morgan fingerprint density at radius 3 is 2.65 bits per heavy atom. The van der Waals surface area contributed by atoms with Crippen molar-refractivity contribution in [1.82, 2.24) is 4.90 Å². The third kappa shape index (κ3) is 3.29. The van der Waals surface area contributed by atoms with Crippen LogP contribution in [0.1, 0.15) is 24.8 Å². The van der Waals surface area contributed by atoms with Crippen molar-refractivity contribution >= 4 is 11.9 Å². The Bertz CT molecular complexity index is 483. The number of carboxylic acids is 1. The van der Waals surface area contributed by atoms with Gasteiger partial charge in [0.05, 0.1) is 7.11 Å². The van der Waals surface area contributed by atoms with Crippen LogP contribution in [0.5, 0.6) is 5.75 Å². The average Bonchev–Trinajstić information content (AvgIpc) is 2.95. The molecule has 0 aliphatic carbocycles. The Hall–Kier alpha value is -2.04. The van der Waals surface area contributed by atoms with Gasteiger partial charge < -0.3 is 14.7 Å². The minimum Gasteiger partial charge on any atom is -0.497 e. The second-order valence-electron chi connectivity index (χ2n) is 4.93. The fourth-order valence-corrected chi connectivity index (χ4v) is 2.51. The van der Waals surface area contributed by atoms with Gasteiger partial charge in [-0.1, -0.05) is 12.1 Å². The van der Waals surface area contributed by atoms with Crippen LogP contribution in [-0.4, -0.2) is 41.6 Å². The molecular weight excluding hydrogens is 258 g/mol. The zero-order valence-corrected chi connectivity index (χ0v) is 11.5. The van der Waals surface area contributed by atoms with Gasteiger partial charge in [-0.2, -0.15) is 0 Å².